The van der Waals surface area contributed by atoms with E-state index in [4.69, 9.17) is 4.74 Å². The number of hydrogen-bond donors (Lipinski definition) is 1. The Hall–Kier alpha value is -1.19. The maximum absolute atomic E-state index is 6.02. The summed E-state index contributed by atoms with van der Waals surface area (Å²) in [5.41, 5.74) is 1.28. The van der Waals surface area contributed by atoms with Gasteiger partial charge in [-0.25, -0.2) is 0 Å². The zero-order chi connectivity index (χ0) is 14.9. The second-order valence-corrected chi connectivity index (χ2v) is 6.38. The fourth-order valence-corrected chi connectivity index (χ4v) is 2.87. The van der Waals surface area contributed by atoms with Crippen LogP contribution in [0.3, 0.4) is 0 Å². The smallest absolute Gasteiger partial charge is 0.124 e. The molecular weight excluding hydrogens is 278 g/mol. The van der Waals surface area contributed by atoms with Crippen LogP contribution in [-0.2, 0) is 6.54 Å². The summed E-state index contributed by atoms with van der Waals surface area (Å²) in [7, 11) is 0. The van der Waals surface area contributed by atoms with Crippen LogP contribution in [0.1, 0.15) is 25.8 Å². The molecule has 0 aliphatic carbocycles. The zero-order valence-corrected chi connectivity index (χ0v) is 13.8. The third kappa shape index (κ3) is 4.65. The molecule has 0 amide bonds. The Morgan fingerprint density at radius 2 is 1.95 bits per heavy atom. The van der Waals surface area contributed by atoms with E-state index in [9.17, 15) is 0 Å². The van der Waals surface area contributed by atoms with Gasteiger partial charge in [-0.2, -0.15) is 11.8 Å². The molecule has 0 saturated carbocycles. The number of rotatable bonds is 9. The standard InChI is InChI=1S/C18H25NOS/c1-3-11-19-14-17-16-8-6-5-7-15(16)9-10-18(17)20-12-13-21-4-2/h5-10,19H,3-4,11-14H2,1-2H3. The van der Waals surface area contributed by atoms with Crippen LogP contribution in [0.25, 0.3) is 10.8 Å². The maximum Gasteiger partial charge on any atom is 0.124 e. The monoisotopic (exact) mass is 303 g/mol. The van der Waals surface area contributed by atoms with E-state index in [1.165, 1.54) is 16.3 Å². The summed E-state index contributed by atoms with van der Waals surface area (Å²) in [5.74, 6) is 3.21. The van der Waals surface area contributed by atoms with E-state index < -0.39 is 0 Å². The molecule has 0 bridgehead atoms. The first kappa shape index (κ1) is 16.2. The minimum atomic E-state index is 0.775. The minimum absolute atomic E-state index is 0.775. The number of benzene rings is 2. The van der Waals surface area contributed by atoms with Crippen LogP contribution in [-0.4, -0.2) is 24.7 Å². The summed E-state index contributed by atoms with van der Waals surface area (Å²) in [5, 5.41) is 6.07. The largest absolute Gasteiger partial charge is 0.492 e. The van der Waals surface area contributed by atoms with Crippen LogP contribution in [0.2, 0.25) is 0 Å². The quantitative estimate of drug-likeness (QED) is 0.691. The summed E-state index contributed by atoms with van der Waals surface area (Å²) in [6, 6.07) is 12.8. The average Bonchev–Trinajstić information content (AvgIpc) is 2.53. The Labute approximate surface area is 132 Å². The van der Waals surface area contributed by atoms with Crippen LogP contribution in [0.15, 0.2) is 36.4 Å². The van der Waals surface area contributed by atoms with E-state index in [0.717, 1.165) is 43.4 Å². The molecule has 0 aliphatic rings. The van der Waals surface area contributed by atoms with Gasteiger partial charge >= 0.3 is 0 Å². The third-order valence-electron chi connectivity index (χ3n) is 3.42. The Bertz CT molecular complexity index is 556. The van der Waals surface area contributed by atoms with Gasteiger partial charge in [0.05, 0.1) is 6.61 Å². The predicted octanol–water partition coefficient (Wildman–Crippen LogP) is 4.47. The van der Waals surface area contributed by atoms with Gasteiger partial charge in [0.1, 0.15) is 5.75 Å². The summed E-state index contributed by atoms with van der Waals surface area (Å²) >= 11 is 1.92. The second kappa shape index (κ2) is 8.96. The van der Waals surface area contributed by atoms with Gasteiger partial charge in [0, 0.05) is 17.9 Å². The molecule has 0 atom stereocenters. The van der Waals surface area contributed by atoms with Gasteiger partial charge in [-0.3, -0.25) is 0 Å². The van der Waals surface area contributed by atoms with Gasteiger partial charge < -0.3 is 10.1 Å². The molecule has 0 fully saturated rings. The lowest BCUT2D eigenvalue weighted by Gasteiger charge is -2.15. The molecule has 2 rings (SSSR count). The molecule has 1 N–H and O–H groups in total. The lowest BCUT2D eigenvalue weighted by Crippen LogP contribution is -2.15. The van der Waals surface area contributed by atoms with Crippen molar-refractivity contribution in [3.63, 3.8) is 0 Å². The van der Waals surface area contributed by atoms with Crippen molar-refractivity contribution in [3.8, 4) is 5.75 Å². The van der Waals surface area contributed by atoms with Crippen LogP contribution in [0, 0.1) is 0 Å². The van der Waals surface area contributed by atoms with Crippen molar-refractivity contribution < 1.29 is 4.74 Å². The van der Waals surface area contributed by atoms with Crippen LogP contribution in [0.4, 0.5) is 0 Å². The lowest BCUT2D eigenvalue weighted by atomic mass is 10.0. The van der Waals surface area contributed by atoms with Crippen molar-refractivity contribution in [2.45, 2.75) is 26.8 Å². The first-order valence-corrected chi connectivity index (χ1v) is 8.94. The Balaban J connectivity index is 2.18. The van der Waals surface area contributed by atoms with Crippen molar-refractivity contribution in [2.24, 2.45) is 0 Å². The molecule has 3 heteroatoms. The Kier molecular flexibility index (Phi) is 6.90. The number of fused-ring (bicyclic) bond motifs is 1. The molecule has 0 unspecified atom stereocenters. The maximum atomic E-state index is 6.02. The van der Waals surface area contributed by atoms with Crippen molar-refractivity contribution in [3.05, 3.63) is 42.0 Å². The number of nitrogens with one attached hydrogen (secondary N) is 1. The first-order chi connectivity index (χ1) is 10.4. The number of hydrogen-bond acceptors (Lipinski definition) is 3. The van der Waals surface area contributed by atoms with Gasteiger partial charge in [-0.15, -0.1) is 0 Å². The SMILES string of the molecule is CCCNCc1c(OCCSCC)ccc2ccccc12. The molecule has 0 radical (unpaired) electrons. The van der Waals surface area contributed by atoms with Gasteiger partial charge in [0.2, 0.25) is 0 Å². The highest BCUT2D eigenvalue weighted by molar-refractivity contribution is 7.99. The van der Waals surface area contributed by atoms with E-state index in [1.807, 2.05) is 11.8 Å². The van der Waals surface area contributed by atoms with E-state index in [0.29, 0.717) is 0 Å². The Morgan fingerprint density at radius 3 is 2.76 bits per heavy atom. The van der Waals surface area contributed by atoms with Gasteiger partial charge in [0.15, 0.2) is 0 Å². The zero-order valence-electron chi connectivity index (χ0n) is 13.0. The highest BCUT2D eigenvalue weighted by Gasteiger charge is 2.08. The molecular formula is C18H25NOS. The fraction of sp³-hybridized carbons (Fsp3) is 0.444. The lowest BCUT2D eigenvalue weighted by molar-refractivity contribution is 0.340. The highest BCUT2D eigenvalue weighted by Crippen LogP contribution is 2.28. The van der Waals surface area contributed by atoms with E-state index in [-0.39, 0.29) is 0 Å². The van der Waals surface area contributed by atoms with Crippen LogP contribution >= 0.6 is 11.8 Å². The van der Waals surface area contributed by atoms with Crippen LogP contribution < -0.4 is 10.1 Å². The molecule has 0 spiro atoms. The topological polar surface area (TPSA) is 21.3 Å². The fourth-order valence-electron chi connectivity index (χ4n) is 2.38. The molecule has 0 heterocycles. The number of thioether (sulfide) groups is 1. The minimum Gasteiger partial charge on any atom is -0.492 e. The van der Waals surface area contributed by atoms with Crippen molar-refractivity contribution >= 4 is 22.5 Å². The normalized spacial score (nSPS) is 11.0. The molecule has 2 nitrogen and oxygen atoms in total. The van der Waals surface area contributed by atoms with Gasteiger partial charge in [-0.05, 0) is 35.6 Å². The Morgan fingerprint density at radius 1 is 1.10 bits per heavy atom. The number of ether oxygens (including phenoxy) is 1. The summed E-state index contributed by atoms with van der Waals surface area (Å²) in [4.78, 5) is 0. The molecule has 21 heavy (non-hydrogen) atoms. The predicted molar refractivity (Wildman–Crippen MR) is 94.4 cm³/mol. The van der Waals surface area contributed by atoms with Crippen molar-refractivity contribution in [1.82, 2.24) is 5.32 Å². The molecule has 0 saturated heterocycles. The first-order valence-electron chi connectivity index (χ1n) is 7.78. The van der Waals surface area contributed by atoms with Crippen LogP contribution in [0.5, 0.6) is 5.75 Å². The van der Waals surface area contributed by atoms with Gasteiger partial charge in [-0.1, -0.05) is 44.2 Å². The molecule has 0 aromatic heterocycles. The van der Waals surface area contributed by atoms with Crippen molar-refractivity contribution in [2.75, 3.05) is 24.7 Å². The average molecular weight is 303 g/mol. The van der Waals surface area contributed by atoms with E-state index in [2.05, 4.69) is 55.6 Å². The van der Waals surface area contributed by atoms with E-state index >= 15 is 0 Å². The second-order valence-electron chi connectivity index (χ2n) is 4.99. The summed E-state index contributed by atoms with van der Waals surface area (Å²) < 4.78 is 6.02. The molecule has 2 aromatic carbocycles. The summed E-state index contributed by atoms with van der Waals surface area (Å²) in [6.07, 6.45) is 1.15. The molecule has 2 aromatic rings. The van der Waals surface area contributed by atoms with Gasteiger partial charge in [0.25, 0.3) is 0 Å². The molecule has 114 valence electrons. The highest BCUT2D eigenvalue weighted by atomic mass is 32.2. The third-order valence-corrected chi connectivity index (χ3v) is 4.28. The van der Waals surface area contributed by atoms with Crippen molar-refractivity contribution in [1.29, 1.82) is 0 Å². The van der Waals surface area contributed by atoms with E-state index in [1.54, 1.807) is 0 Å². The molecule has 0 aliphatic heterocycles. The summed E-state index contributed by atoms with van der Waals surface area (Å²) in [6.45, 7) is 7.05.